The highest BCUT2D eigenvalue weighted by Crippen LogP contribution is 2.32. The predicted molar refractivity (Wildman–Crippen MR) is 66.6 cm³/mol. The fourth-order valence-corrected chi connectivity index (χ4v) is 2.46. The Morgan fingerprint density at radius 3 is 2.95 bits per heavy atom. The second-order valence-electron chi connectivity index (χ2n) is 4.50. The number of fused-ring (bicyclic) bond motifs is 1. The van der Waals surface area contributed by atoms with Crippen LogP contribution in [0, 0.1) is 0 Å². The predicted octanol–water partition coefficient (Wildman–Crippen LogP) is 1.47. The van der Waals surface area contributed by atoms with E-state index in [2.05, 4.69) is 9.97 Å². The van der Waals surface area contributed by atoms with E-state index in [0.717, 1.165) is 6.42 Å². The molecule has 0 radical (unpaired) electrons. The molecule has 3 rings (SSSR count). The van der Waals surface area contributed by atoms with Gasteiger partial charge in [-0.1, -0.05) is 6.07 Å². The fraction of sp³-hybridized carbons (Fsp3) is 0.308. The molecule has 1 aliphatic rings. The molecule has 2 aromatic rings. The Labute approximate surface area is 109 Å². The number of hydrogen-bond acceptors (Lipinski definition) is 4. The van der Waals surface area contributed by atoms with Crippen LogP contribution < -0.4 is 0 Å². The molecule has 6 heteroatoms. The minimum Gasteiger partial charge on any atom is -0.476 e. The Morgan fingerprint density at radius 2 is 2.26 bits per heavy atom. The molecule has 0 fully saturated rings. The highest BCUT2D eigenvalue weighted by molar-refractivity contribution is 5.88. The highest BCUT2D eigenvalue weighted by Gasteiger charge is 2.30. The van der Waals surface area contributed by atoms with Crippen LogP contribution in [0.5, 0.6) is 0 Å². The van der Waals surface area contributed by atoms with E-state index in [4.69, 9.17) is 0 Å². The number of imidazole rings is 1. The molecular weight excluding hydrogens is 246 g/mol. The average molecular weight is 259 g/mol. The molecule has 98 valence electrons. The molecule has 1 atom stereocenters. The molecule has 19 heavy (non-hydrogen) atoms. The molecule has 1 aliphatic heterocycles. The first-order valence-electron chi connectivity index (χ1n) is 6.11. The van der Waals surface area contributed by atoms with Gasteiger partial charge in [0.2, 0.25) is 0 Å². The van der Waals surface area contributed by atoms with Gasteiger partial charge in [-0.15, -0.1) is 0 Å². The topological polar surface area (TPSA) is 88.2 Å². The van der Waals surface area contributed by atoms with Gasteiger partial charge in [-0.25, -0.2) is 9.78 Å². The molecule has 0 saturated carbocycles. The highest BCUT2D eigenvalue weighted by atomic mass is 16.4. The molecule has 0 aromatic carbocycles. The van der Waals surface area contributed by atoms with Gasteiger partial charge in [-0.2, -0.15) is 0 Å². The molecule has 0 bridgehead atoms. The number of aliphatic hydroxyl groups excluding tert-OH is 1. The lowest BCUT2D eigenvalue weighted by Gasteiger charge is -2.21. The number of aliphatic hydroxyl groups is 1. The minimum absolute atomic E-state index is 0.0761. The van der Waals surface area contributed by atoms with Gasteiger partial charge in [0, 0.05) is 12.7 Å². The van der Waals surface area contributed by atoms with Crippen LogP contribution in [0.2, 0.25) is 0 Å². The molecule has 3 heterocycles. The summed E-state index contributed by atoms with van der Waals surface area (Å²) >= 11 is 0. The summed E-state index contributed by atoms with van der Waals surface area (Å²) in [6, 6.07) is 5.39. The van der Waals surface area contributed by atoms with Crippen LogP contribution in [-0.2, 0) is 6.54 Å². The van der Waals surface area contributed by atoms with E-state index in [-0.39, 0.29) is 5.69 Å². The van der Waals surface area contributed by atoms with Crippen molar-refractivity contribution in [3.05, 3.63) is 35.8 Å². The Hall–Kier alpha value is -2.21. The van der Waals surface area contributed by atoms with E-state index in [1.807, 2.05) is 6.07 Å². The summed E-state index contributed by atoms with van der Waals surface area (Å²) in [7, 11) is 0. The van der Waals surface area contributed by atoms with Crippen LogP contribution >= 0.6 is 0 Å². The molecular formula is C13H13N3O3. The van der Waals surface area contributed by atoms with Crippen molar-refractivity contribution in [1.29, 1.82) is 0 Å². The number of aromatic carboxylic acids is 1. The summed E-state index contributed by atoms with van der Waals surface area (Å²) in [6.07, 6.45) is 2.22. The molecule has 1 unspecified atom stereocenters. The largest absolute Gasteiger partial charge is 0.476 e. The van der Waals surface area contributed by atoms with Crippen molar-refractivity contribution >= 4 is 5.97 Å². The number of nitrogens with zero attached hydrogens (tertiary/aromatic N) is 3. The lowest BCUT2D eigenvalue weighted by atomic mass is 10.0. The molecule has 0 saturated heterocycles. The zero-order valence-electron chi connectivity index (χ0n) is 10.2. The van der Waals surface area contributed by atoms with E-state index < -0.39 is 12.1 Å². The Morgan fingerprint density at radius 1 is 1.42 bits per heavy atom. The van der Waals surface area contributed by atoms with E-state index in [0.29, 0.717) is 30.2 Å². The van der Waals surface area contributed by atoms with Crippen LogP contribution in [0.1, 0.15) is 35.1 Å². The lowest BCUT2D eigenvalue weighted by molar-refractivity contribution is 0.0677. The second kappa shape index (κ2) is 4.47. The standard InChI is InChI=1S/C13H13N3O3/c17-9-5-3-7-16-11(9)10(13(18)19)15-12(16)8-4-1-2-6-14-8/h1-2,4,6,9,17H,3,5,7H2,(H,18,19). The number of rotatable bonds is 2. The smallest absolute Gasteiger partial charge is 0.356 e. The van der Waals surface area contributed by atoms with Crippen molar-refractivity contribution in [3.63, 3.8) is 0 Å². The van der Waals surface area contributed by atoms with Crippen molar-refractivity contribution in [2.75, 3.05) is 0 Å². The summed E-state index contributed by atoms with van der Waals surface area (Å²) in [5, 5.41) is 19.2. The van der Waals surface area contributed by atoms with Gasteiger partial charge in [-0.3, -0.25) is 4.98 Å². The summed E-state index contributed by atoms with van der Waals surface area (Å²) in [5.74, 6) is -0.612. The van der Waals surface area contributed by atoms with Crippen molar-refractivity contribution in [3.8, 4) is 11.5 Å². The van der Waals surface area contributed by atoms with E-state index in [9.17, 15) is 15.0 Å². The maximum absolute atomic E-state index is 11.3. The van der Waals surface area contributed by atoms with Gasteiger partial charge in [0.1, 0.15) is 5.69 Å². The Kier molecular flexibility index (Phi) is 2.79. The fourth-order valence-electron chi connectivity index (χ4n) is 2.46. The molecule has 2 aromatic heterocycles. The van der Waals surface area contributed by atoms with Crippen LogP contribution in [-0.4, -0.2) is 30.7 Å². The molecule has 0 aliphatic carbocycles. The van der Waals surface area contributed by atoms with E-state index in [1.54, 1.807) is 22.9 Å². The lowest BCUT2D eigenvalue weighted by Crippen LogP contribution is -2.18. The quantitative estimate of drug-likeness (QED) is 0.852. The summed E-state index contributed by atoms with van der Waals surface area (Å²) in [4.78, 5) is 19.6. The zero-order chi connectivity index (χ0) is 13.4. The third kappa shape index (κ3) is 1.90. The molecule has 0 spiro atoms. The van der Waals surface area contributed by atoms with Gasteiger partial charge in [-0.05, 0) is 25.0 Å². The monoisotopic (exact) mass is 259 g/mol. The third-order valence-electron chi connectivity index (χ3n) is 3.28. The number of aromatic nitrogens is 3. The Bertz CT molecular complexity index is 622. The summed E-state index contributed by atoms with van der Waals surface area (Å²) in [5.41, 5.74) is 0.928. The van der Waals surface area contributed by atoms with Gasteiger partial charge in [0.05, 0.1) is 11.8 Å². The average Bonchev–Trinajstić information content (AvgIpc) is 2.81. The SMILES string of the molecule is O=C(O)c1nc(-c2ccccn2)n2c1C(O)CCC2. The van der Waals surface area contributed by atoms with Crippen LogP contribution in [0.3, 0.4) is 0 Å². The number of carbonyl (C=O) groups is 1. The van der Waals surface area contributed by atoms with Crippen molar-refractivity contribution in [2.24, 2.45) is 0 Å². The normalized spacial score (nSPS) is 18.1. The maximum Gasteiger partial charge on any atom is 0.356 e. The maximum atomic E-state index is 11.3. The van der Waals surface area contributed by atoms with Crippen molar-refractivity contribution in [1.82, 2.24) is 14.5 Å². The van der Waals surface area contributed by atoms with Gasteiger partial charge >= 0.3 is 5.97 Å². The van der Waals surface area contributed by atoms with E-state index in [1.165, 1.54) is 0 Å². The second-order valence-corrected chi connectivity index (χ2v) is 4.50. The first kappa shape index (κ1) is 11.9. The van der Waals surface area contributed by atoms with Gasteiger partial charge in [0.25, 0.3) is 0 Å². The third-order valence-corrected chi connectivity index (χ3v) is 3.28. The van der Waals surface area contributed by atoms with E-state index >= 15 is 0 Å². The van der Waals surface area contributed by atoms with Crippen LogP contribution in [0.15, 0.2) is 24.4 Å². The first-order valence-corrected chi connectivity index (χ1v) is 6.11. The number of carboxylic acids is 1. The van der Waals surface area contributed by atoms with Crippen molar-refractivity contribution < 1.29 is 15.0 Å². The van der Waals surface area contributed by atoms with Crippen LogP contribution in [0.25, 0.3) is 11.5 Å². The molecule has 2 N–H and O–H groups in total. The van der Waals surface area contributed by atoms with Gasteiger partial charge < -0.3 is 14.8 Å². The van der Waals surface area contributed by atoms with Crippen LogP contribution in [0.4, 0.5) is 0 Å². The number of pyridine rings is 1. The molecule has 0 amide bonds. The number of carboxylic acid groups (broad SMARTS) is 1. The van der Waals surface area contributed by atoms with Crippen molar-refractivity contribution in [2.45, 2.75) is 25.5 Å². The molecule has 6 nitrogen and oxygen atoms in total. The first-order chi connectivity index (χ1) is 9.18. The zero-order valence-corrected chi connectivity index (χ0v) is 10.2. The number of hydrogen-bond donors (Lipinski definition) is 2. The summed E-state index contributed by atoms with van der Waals surface area (Å²) in [6.45, 7) is 0.651. The minimum atomic E-state index is -1.12. The summed E-state index contributed by atoms with van der Waals surface area (Å²) < 4.78 is 1.76. The van der Waals surface area contributed by atoms with Gasteiger partial charge in [0.15, 0.2) is 11.5 Å². The Balaban J connectivity index is 2.22.